The van der Waals surface area contributed by atoms with E-state index < -0.39 is 15.8 Å². The van der Waals surface area contributed by atoms with Gasteiger partial charge in [-0.25, -0.2) is 17.5 Å². The molecule has 0 bridgehead atoms. The minimum Gasteiger partial charge on any atom is -0.211 e. The first kappa shape index (κ1) is 14.8. The summed E-state index contributed by atoms with van der Waals surface area (Å²) < 4.78 is 39.7. The highest BCUT2D eigenvalue weighted by Crippen LogP contribution is 2.24. The highest BCUT2D eigenvalue weighted by molar-refractivity contribution is 7.89. The van der Waals surface area contributed by atoms with Crippen molar-refractivity contribution in [2.45, 2.75) is 37.0 Å². The van der Waals surface area contributed by atoms with Gasteiger partial charge in [-0.2, -0.15) is 0 Å². The molecule has 2 rings (SSSR count). The Morgan fingerprint density at radius 2 is 1.95 bits per heavy atom. The fourth-order valence-corrected chi connectivity index (χ4v) is 3.73. The number of benzene rings is 1. The molecule has 0 atom stereocenters. The second-order valence-electron chi connectivity index (χ2n) is 4.93. The molecular weight excluding hydrogens is 289 g/mol. The van der Waals surface area contributed by atoms with Crippen LogP contribution in [0.4, 0.5) is 4.39 Å². The summed E-state index contributed by atoms with van der Waals surface area (Å²) in [5, 5.41) is -0.180. The summed E-state index contributed by atoms with van der Waals surface area (Å²) in [7, 11) is -3.60. The molecule has 0 heterocycles. The lowest BCUT2D eigenvalue weighted by molar-refractivity contribution is 0.357. The zero-order valence-corrected chi connectivity index (χ0v) is 12.1. The van der Waals surface area contributed by atoms with Gasteiger partial charge in [0.25, 0.3) is 0 Å². The lowest BCUT2D eigenvalue weighted by Gasteiger charge is -2.21. The number of hydrogen-bond donors (Lipinski definition) is 1. The predicted molar refractivity (Wildman–Crippen MR) is 73.2 cm³/mol. The van der Waals surface area contributed by atoms with E-state index in [0.29, 0.717) is 12.5 Å². The Bertz CT molecular complexity index is 542. The lowest BCUT2D eigenvalue weighted by atomic mass is 9.90. The molecule has 1 aromatic rings. The van der Waals surface area contributed by atoms with Crippen LogP contribution in [0.3, 0.4) is 0 Å². The number of sulfonamides is 1. The highest BCUT2D eigenvalue weighted by atomic mass is 35.5. The Hall–Kier alpha value is -0.650. The molecule has 6 heteroatoms. The number of rotatable bonds is 4. The number of nitrogens with one attached hydrogen (secondary N) is 1. The molecule has 0 aliphatic heterocycles. The van der Waals surface area contributed by atoms with Crippen LogP contribution in [-0.2, 0) is 10.0 Å². The topological polar surface area (TPSA) is 46.2 Å². The molecule has 3 nitrogen and oxygen atoms in total. The summed E-state index contributed by atoms with van der Waals surface area (Å²) in [6, 6.07) is 3.43. The van der Waals surface area contributed by atoms with E-state index in [9.17, 15) is 12.8 Å². The molecule has 0 spiro atoms. The van der Waals surface area contributed by atoms with E-state index in [1.54, 1.807) is 0 Å². The van der Waals surface area contributed by atoms with Gasteiger partial charge in [-0.15, -0.1) is 0 Å². The van der Waals surface area contributed by atoms with Crippen molar-refractivity contribution in [3.63, 3.8) is 0 Å². The van der Waals surface area contributed by atoms with E-state index >= 15 is 0 Å². The van der Waals surface area contributed by atoms with Crippen molar-refractivity contribution in [3.8, 4) is 0 Å². The van der Waals surface area contributed by atoms with Crippen molar-refractivity contribution in [1.82, 2.24) is 4.72 Å². The van der Waals surface area contributed by atoms with Gasteiger partial charge >= 0.3 is 0 Å². The van der Waals surface area contributed by atoms with Gasteiger partial charge in [0.05, 0.1) is 9.92 Å². The van der Waals surface area contributed by atoms with Crippen LogP contribution in [0.15, 0.2) is 23.1 Å². The summed E-state index contributed by atoms with van der Waals surface area (Å²) in [5.41, 5.74) is 0. The molecular formula is C13H17ClFNO2S. The van der Waals surface area contributed by atoms with E-state index in [0.717, 1.165) is 37.8 Å². The quantitative estimate of drug-likeness (QED) is 0.927. The van der Waals surface area contributed by atoms with E-state index in [-0.39, 0.29) is 9.92 Å². The van der Waals surface area contributed by atoms with Gasteiger partial charge in [0.1, 0.15) is 5.82 Å². The first-order chi connectivity index (χ1) is 8.99. The summed E-state index contributed by atoms with van der Waals surface area (Å²) in [6.45, 7) is 0.442. The summed E-state index contributed by atoms with van der Waals surface area (Å²) >= 11 is 5.60. The van der Waals surface area contributed by atoms with Gasteiger partial charge in [-0.05, 0) is 37.0 Å². The first-order valence-electron chi connectivity index (χ1n) is 6.44. The second-order valence-corrected chi connectivity index (χ2v) is 7.11. The largest absolute Gasteiger partial charge is 0.240 e. The zero-order valence-electron chi connectivity index (χ0n) is 10.5. The highest BCUT2D eigenvalue weighted by Gasteiger charge is 2.19. The molecule has 0 amide bonds. The Balaban J connectivity index is 2.02. The lowest BCUT2D eigenvalue weighted by Crippen LogP contribution is -2.30. The molecule has 0 saturated heterocycles. The molecule has 1 fully saturated rings. The van der Waals surface area contributed by atoms with Crippen LogP contribution >= 0.6 is 11.6 Å². The van der Waals surface area contributed by atoms with Crippen LogP contribution in [0.5, 0.6) is 0 Å². The molecule has 0 radical (unpaired) electrons. The van der Waals surface area contributed by atoms with E-state index in [1.807, 2.05) is 0 Å². The summed E-state index contributed by atoms with van der Waals surface area (Å²) in [4.78, 5) is 0.00899. The van der Waals surface area contributed by atoms with Crippen LogP contribution < -0.4 is 4.72 Å². The van der Waals surface area contributed by atoms with Crippen LogP contribution in [0, 0.1) is 11.7 Å². The molecule has 1 aliphatic rings. The van der Waals surface area contributed by atoms with Crippen molar-refractivity contribution < 1.29 is 12.8 Å². The number of halogens is 2. The normalized spacial score (nSPS) is 17.6. The maximum absolute atomic E-state index is 13.0. The average Bonchev–Trinajstić information content (AvgIpc) is 2.41. The summed E-state index contributed by atoms with van der Waals surface area (Å²) in [6.07, 6.45) is 5.68. The second kappa shape index (κ2) is 6.20. The van der Waals surface area contributed by atoms with Gasteiger partial charge in [-0.1, -0.05) is 30.9 Å². The van der Waals surface area contributed by atoms with Crippen molar-refractivity contribution in [2.24, 2.45) is 5.92 Å². The number of hydrogen-bond acceptors (Lipinski definition) is 2. The van der Waals surface area contributed by atoms with Gasteiger partial charge in [-0.3, -0.25) is 0 Å². The maximum Gasteiger partial charge on any atom is 0.240 e. The molecule has 19 heavy (non-hydrogen) atoms. The van der Waals surface area contributed by atoms with Gasteiger partial charge in [0.2, 0.25) is 10.0 Å². The van der Waals surface area contributed by atoms with Crippen molar-refractivity contribution in [1.29, 1.82) is 0 Å². The smallest absolute Gasteiger partial charge is 0.211 e. The Morgan fingerprint density at radius 3 is 2.58 bits per heavy atom. The molecule has 1 N–H and O–H groups in total. The van der Waals surface area contributed by atoms with E-state index in [1.165, 1.54) is 12.5 Å². The third-order valence-electron chi connectivity index (χ3n) is 3.49. The first-order valence-corrected chi connectivity index (χ1v) is 8.30. The molecule has 106 valence electrons. The fraction of sp³-hybridized carbons (Fsp3) is 0.538. The van der Waals surface area contributed by atoms with E-state index in [2.05, 4.69) is 4.72 Å². The van der Waals surface area contributed by atoms with E-state index in [4.69, 9.17) is 11.6 Å². The monoisotopic (exact) mass is 305 g/mol. The Kier molecular flexibility index (Phi) is 4.81. The third kappa shape index (κ3) is 3.91. The van der Waals surface area contributed by atoms with Gasteiger partial charge in [0.15, 0.2) is 0 Å². The van der Waals surface area contributed by atoms with Gasteiger partial charge < -0.3 is 0 Å². The van der Waals surface area contributed by atoms with Crippen molar-refractivity contribution in [2.75, 3.05) is 6.54 Å². The molecule has 1 aromatic carbocycles. The molecule has 1 aliphatic carbocycles. The SMILES string of the molecule is O=S(=O)(NCC1CCCCC1)c1ccc(F)c(Cl)c1. The third-order valence-corrected chi connectivity index (χ3v) is 5.20. The maximum atomic E-state index is 13.0. The van der Waals surface area contributed by atoms with Crippen LogP contribution in [0.25, 0.3) is 0 Å². The Labute approximate surface area is 118 Å². The average molecular weight is 306 g/mol. The molecule has 0 unspecified atom stereocenters. The summed E-state index contributed by atoms with van der Waals surface area (Å²) in [5.74, 6) is -0.215. The molecule has 0 aromatic heterocycles. The zero-order chi connectivity index (χ0) is 13.9. The Morgan fingerprint density at radius 1 is 1.26 bits per heavy atom. The fourth-order valence-electron chi connectivity index (χ4n) is 2.35. The van der Waals surface area contributed by atoms with Gasteiger partial charge in [0, 0.05) is 6.54 Å². The minimum atomic E-state index is -3.60. The van der Waals surface area contributed by atoms with Crippen molar-refractivity contribution >= 4 is 21.6 Å². The molecule has 1 saturated carbocycles. The standard InChI is InChI=1S/C13H17ClFNO2S/c14-12-8-11(6-7-13(12)15)19(17,18)16-9-10-4-2-1-3-5-10/h6-8,10,16H,1-5,9H2. The van der Waals surface area contributed by atoms with Crippen LogP contribution in [-0.4, -0.2) is 15.0 Å². The minimum absolute atomic E-state index is 0.00899. The van der Waals surface area contributed by atoms with Crippen molar-refractivity contribution in [3.05, 3.63) is 29.0 Å². The predicted octanol–water partition coefficient (Wildman–Crippen LogP) is 3.34. The van der Waals surface area contributed by atoms with Crippen LogP contribution in [0.1, 0.15) is 32.1 Å². The van der Waals surface area contributed by atoms with Crippen LogP contribution in [0.2, 0.25) is 5.02 Å².